The molecular weight excluding hydrogens is 264 g/mol. The number of rotatable bonds is 6. The summed E-state index contributed by atoms with van der Waals surface area (Å²) in [5, 5.41) is 0. The molecule has 1 aromatic carbocycles. The van der Waals surface area contributed by atoms with Gasteiger partial charge in [0.1, 0.15) is 5.82 Å². The van der Waals surface area contributed by atoms with Gasteiger partial charge in [0.25, 0.3) is 0 Å². The Morgan fingerprint density at radius 1 is 1.26 bits per heavy atom. The summed E-state index contributed by atoms with van der Waals surface area (Å²) in [5.74, 6) is -0.692. The van der Waals surface area contributed by atoms with E-state index in [9.17, 15) is 22.4 Å². The standard InChI is InChI=1S/C13H14F4O2/c1-9(13(15,16)17)19-8-2-3-12(18)10-4-6-11(14)7-5-10/h4-7,9H,2-3,8H2,1H3. The van der Waals surface area contributed by atoms with E-state index in [4.69, 9.17) is 0 Å². The number of hydrogen-bond donors (Lipinski definition) is 0. The SMILES string of the molecule is CC(OCCCC(=O)c1ccc(F)cc1)C(F)(F)F. The van der Waals surface area contributed by atoms with Gasteiger partial charge in [-0.05, 0) is 37.6 Å². The first-order valence-corrected chi connectivity index (χ1v) is 5.78. The molecule has 0 amide bonds. The van der Waals surface area contributed by atoms with Gasteiger partial charge < -0.3 is 4.74 Å². The van der Waals surface area contributed by atoms with Crippen LogP contribution < -0.4 is 0 Å². The second kappa shape index (κ2) is 6.65. The van der Waals surface area contributed by atoms with Crippen molar-refractivity contribution < 1.29 is 27.1 Å². The van der Waals surface area contributed by atoms with E-state index in [0.717, 1.165) is 19.1 Å². The molecule has 19 heavy (non-hydrogen) atoms. The quantitative estimate of drug-likeness (QED) is 0.450. The van der Waals surface area contributed by atoms with Crippen LogP contribution in [0.2, 0.25) is 0 Å². The number of Topliss-reactive ketones (excluding diaryl/α,β-unsaturated/α-hetero) is 1. The molecule has 1 atom stereocenters. The summed E-state index contributed by atoms with van der Waals surface area (Å²) in [5.41, 5.74) is 0.338. The van der Waals surface area contributed by atoms with Gasteiger partial charge in [0.2, 0.25) is 0 Å². The highest BCUT2D eigenvalue weighted by Crippen LogP contribution is 2.22. The summed E-state index contributed by atoms with van der Waals surface area (Å²) in [6, 6.07) is 5.01. The van der Waals surface area contributed by atoms with Gasteiger partial charge in [-0.3, -0.25) is 4.79 Å². The van der Waals surface area contributed by atoms with E-state index < -0.39 is 18.1 Å². The average Bonchev–Trinajstić information content (AvgIpc) is 2.33. The molecule has 0 bridgehead atoms. The van der Waals surface area contributed by atoms with Crippen LogP contribution in [0, 0.1) is 5.82 Å². The highest BCUT2D eigenvalue weighted by molar-refractivity contribution is 5.95. The fourth-order valence-corrected chi connectivity index (χ4v) is 1.37. The number of alkyl halides is 3. The molecule has 0 aliphatic rings. The van der Waals surface area contributed by atoms with Crippen molar-refractivity contribution in [2.75, 3.05) is 6.61 Å². The molecule has 0 saturated heterocycles. The molecule has 1 aromatic rings. The normalized spacial score (nSPS) is 13.3. The van der Waals surface area contributed by atoms with Gasteiger partial charge in [0.15, 0.2) is 11.9 Å². The Labute approximate surface area is 108 Å². The van der Waals surface area contributed by atoms with E-state index in [-0.39, 0.29) is 25.2 Å². The number of ether oxygens (including phenoxy) is 1. The second-order valence-corrected chi connectivity index (χ2v) is 4.09. The highest BCUT2D eigenvalue weighted by Gasteiger charge is 2.36. The molecule has 1 unspecified atom stereocenters. The van der Waals surface area contributed by atoms with Gasteiger partial charge in [-0.1, -0.05) is 0 Å². The predicted molar refractivity (Wildman–Crippen MR) is 61.4 cm³/mol. The number of ketones is 1. The molecular formula is C13H14F4O2. The van der Waals surface area contributed by atoms with Crippen molar-refractivity contribution in [1.29, 1.82) is 0 Å². The van der Waals surface area contributed by atoms with E-state index in [0.29, 0.717) is 5.56 Å². The van der Waals surface area contributed by atoms with E-state index in [1.807, 2.05) is 0 Å². The van der Waals surface area contributed by atoms with Crippen molar-refractivity contribution in [2.45, 2.75) is 32.0 Å². The Morgan fingerprint density at radius 2 is 1.84 bits per heavy atom. The Hall–Kier alpha value is -1.43. The Bertz CT molecular complexity index is 412. The van der Waals surface area contributed by atoms with Crippen LogP contribution in [-0.4, -0.2) is 24.7 Å². The molecule has 0 fully saturated rings. The van der Waals surface area contributed by atoms with Crippen LogP contribution in [-0.2, 0) is 4.74 Å². The van der Waals surface area contributed by atoms with E-state index in [1.165, 1.54) is 12.1 Å². The number of carbonyl (C=O) groups is 1. The lowest BCUT2D eigenvalue weighted by atomic mass is 10.1. The molecule has 0 N–H and O–H groups in total. The van der Waals surface area contributed by atoms with Gasteiger partial charge >= 0.3 is 6.18 Å². The largest absolute Gasteiger partial charge is 0.414 e. The van der Waals surface area contributed by atoms with Crippen LogP contribution in [0.4, 0.5) is 17.6 Å². The zero-order chi connectivity index (χ0) is 14.5. The third-order valence-corrected chi connectivity index (χ3v) is 2.54. The maximum atomic E-state index is 12.6. The maximum absolute atomic E-state index is 12.6. The van der Waals surface area contributed by atoms with Crippen LogP contribution in [0.1, 0.15) is 30.1 Å². The van der Waals surface area contributed by atoms with Crippen molar-refractivity contribution in [2.24, 2.45) is 0 Å². The van der Waals surface area contributed by atoms with E-state index in [2.05, 4.69) is 4.74 Å². The zero-order valence-corrected chi connectivity index (χ0v) is 10.3. The summed E-state index contributed by atoms with van der Waals surface area (Å²) in [4.78, 5) is 11.6. The molecule has 0 radical (unpaired) electrons. The summed E-state index contributed by atoms with van der Waals surface area (Å²) >= 11 is 0. The van der Waals surface area contributed by atoms with Crippen LogP contribution in [0.5, 0.6) is 0 Å². The fourth-order valence-electron chi connectivity index (χ4n) is 1.37. The summed E-state index contributed by atoms with van der Waals surface area (Å²) in [7, 11) is 0. The number of hydrogen-bond acceptors (Lipinski definition) is 2. The first-order valence-electron chi connectivity index (χ1n) is 5.78. The van der Waals surface area contributed by atoms with Gasteiger partial charge in [-0.25, -0.2) is 4.39 Å². The number of halogens is 4. The monoisotopic (exact) mass is 278 g/mol. The zero-order valence-electron chi connectivity index (χ0n) is 10.3. The third-order valence-electron chi connectivity index (χ3n) is 2.54. The van der Waals surface area contributed by atoms with E-state index >= 15 is 0 Å². The lowest BCUT2D eigenvalue weighted by molar-refractivity contribution is -0.214. The Balaban J connectivity index is 2.30. The first-order chi connectivity index (χ1) is 8.80. The van der Waals surface area contributed by atoms with Crippen molar-refractivity contribution >= 4 is 5.78 Å². The van der Waals surface area contributed by atoms with E-state index in [1.54, 1.807) is 0 Å². The smallest absolute Gasteiger partial charge is 0.369 e. The van der Waals surface area contributed by atoms with Crippen LogP contribution in [0.15, 0.2) is 24.3 Å². The van der Waals surface area contributed by atoms with Crippen molar-refractivity contribution in [1.82, 2.24) is 0 Å². The van der Waals surface area contributed by atoms with Gasteiger partial charge in [0.05, 0.1) is 0 Å². The maximum Gasteiger partial charge on any atom is 0.414 e. The number of benzene rings is 1. The molecule has 0 heterocycles. The van der Waals surface area contributed by atoms with Crippen LogP contribution in [0.3, 0.4) is 0 Å². The van der Waals surface area contributed by atoms with Gasteiger partial charge in [-0.2, -0.15) is 13.2 Å². The van der Waals surface area contributed by atoms with Gasteiger partial charge in [0, 0.05) is 18.6 Å². The topological polar surface area (TPSA) is 26.3 Å². The first kappa shape index (κ1) is 15.6. The molecule has 0 aliphatic carbocycles. The predicted octanol–water partition coefficient (Wildman–Crippen LogP) is 3.76. The second-order valence-electron chi connectivity index (χ2n) is 4.09. The summed E-state index contributed by atoms with van der Waals surface area (Å²) in [6.07, 6.45) is -5.97. The van der Waals surface area contributed by atoms with Crippen molar-refractivity contribution in [3.63, 3.8) is 0 Å². The number of carbonyl (C=O) groups excluding carboxylic acids is 1. The summed E-state index contributed by atoms with van der Waals surface area (Å²) in [6.45, 7) is 0.773. The molecule has 2 nitrogen and oxygen atoms in total. The Kier molecular flexibility index (Phi) is 5.47. The molecule has 0 saturated carbocycles. The van der Waals surface area contributed by atoms with Crippen molar-refractivity contribution in [3.05, 3.63) is 35.6 Å². The van der Waals surface area contributed by atoms with Crippen molar-refractivity contribution in [3.8, 4) is 0 Å². The molecule has 0 spiro atoms. The minimum Gasteiger partial charge on any atom is -0.369 e. The third kappa shape index (κ3) is 5.38. The highest BCUT2D eigenvalue weighted by atomic mass is 19.4. The van der Waals surface area contributed by atoms with Gasteiger partial charge in [-0.15, -0.1) is 0 Å². The minimum atomic E-state index is -4.39. The molecule has 6 heteroatoms. The minimum absolute atomic E-state index is 0.0657. The molecule has 0 aromatic heterocycles. The fraction of sp³-hybridized carbons (Fsp3) is 0.462. The van der Waals surface area contributed by atoms with Crippen LogP contribution >= 0.6 is 0 Å². The average molecular weight is 278 g/mol. The molecule has 1 rings (SSSR count). The lowest BCUT2D eigenvalue weighted by Crippen LogP contribution is -2.28. The summed E-state index contributed by atoms with van der Waals surface area (Å²) < 4.78 is 53.5. The molecule has 106 valence electrons. The Morgan fingerprint density at radius 3 is 2.37 bits per heavy atom. The lowest BCUT2D eigenvalue weighted by Gasteiger charge is -2.15. The van der Waals surface area contributed by atoms with Crippen LogP contribution in [0.25, 0.3) is 0 Å². The molecule has 0 aliphatic heterocycles.